The van der Waals surface area contributed by atoms with E-state index in [1.54, 1.807) is 12.1 Å². The number of carbonyl (C=O) groups is 1. The van der Waals surface area contributed by atoms with Crippen LogP contribution in [0.5, 0.6) is 5.75 Å². The molecule has 5 nitrogen and oxygen atoms in total. The van der Waals surface area contributed by atoms with Gasteiger partial charge in [-0.1, -0.05) is 6.07 Å². The average molecular weight is 247 g/mol. The summed E-state index contributed by atoms with van der Waals surface area (Å²) in [5.74, 6) is -0.0745. The van der Waals surface area contributed by atoms with Gasteiger partial charge in [-0.15, -0.1) is 0 Å². The van der Waals surface area contributed by atoms with Gasteiger partial charge in [-0.2, -0.15) is 0 Å². The molecule has 1 aromatic carbocycles. The van der Waals surface area contributed by atoms with Gasteiger partial charge in [0.1, 0.15) is 5.75 Å². The quantitative estimate of drug-likeness (QED) is 0.613. The molecule has 0 saturated heterocycles. The summed E-state index contributed by atoms with van der Waals surface area (Å²) in [5, 5.41) is 13.2. The lowest BCUT2D eigenvalue weighted by molar-refractivity contribution is 0.0954. The first-order chi connectivity index (χ1) is 8.65. The number of aromatic hydroxyl groups is 1. The number of aromatic nitrogens is 1. The lowest BCUT2D eigenvalue weighted by atomic mass is 10.1. The summed E-state index contributed by atoms with van der Waals surface area (Å²) in [6.07, 6.45) is 0.735. The summed E-state index contributed by atoms with van der Waals surface area (Å²) in [6.45, 7) is 2.89. The van der Waals surface area contributed by atoms with Crippen molar-refractivity contribution in [3.05, 3.63) is 29.5 Å². The number of phenolic OH excluding ortho intramolecular Hbond substituents is 1. The molecule has 5 heteroatoms. The minimum atomic E-state index is -0.186. The summed E-state index contributed by atoms with van der Waals surface area (Å²) in [7, 11) is 0. The summed E-state index contributed by atoms with van der Waals surface area (Å²) in [4.78, 5) is 15.2. The van der Waals surface area contributed by atoms with Crippen LogP contribution in [0.25, 0.3) is 10.9 Å². The SMILES string of the molecule is Cc1[nH]c2cccc(O)c2c1C(=O)NCCCN. The second-order valence-corrected chi connectivity index (χ2v) is 4.22. The van der Waals surface area contributed by atoms with E-state index >= 15 is 0 Å². The fourth-order valence-electron chi connectivity index (χ4n) is 2.04. The smallest absolute Gasteiger partial charge is 0.253 e. The van der Waals surface area contributed by atoms with Gasteiger partial charge in [0, 0.05) is 12.2 Å². The van der Waals surface area contributed by atoms with Crippen molar-refractivity contribution < 1.29 is 9.90 Å². The maximum absolute atomic E-state index is 12.1. The number of rotatable bonds is 4. The third-order valence-electron chi connectivity index (χ3n) is 2.88. The molecule has 2 aromatic rings. The third-order valence-corrected chi connectivity index (χ3v) is 2.88. The zero-order chi connectivity index (χ0) is 13.1. The maximum Gasteiger partial charge on any atom is 0.253 e. The molecule has 0 aliphatic rings. The standard InChI is InChI=1S/C13H17N3O2/c1-8-11(13(18)15-7-3-6-14)12-9(16-8)4-2-5-10(12)17/h2,4-5,16-17H,3,6-7,14H2,1H3,(H,15,18). The van der Waals surface area contributed by atoms with Gasteiger partial charge in [0.25, 0.3) is 5.91 Å². The van der Waals surface area contributed by atoms with Gasteiger partial charge in [-0.3, -0.25) is 4.79 Å². The number of benzene rings is 1. The minimum Gasteiger partial charge on any atom is -0.507 e. The van der Waals surface area contributed by atoms with E-state index < -0.39 is 0 Å². The molecular formula is C13H17N3O2. The zero-order valence-electron chi connectivity index (χ0n) is 10.3. The van der Waals surface area contributed by atoms with E-state index in [0.717, 1.165) is 17.6 Å². The van der Waals surface area contributed by atoms with Gasteiger partial charge in [0.2, 0.25) is 0 Å². The Morgan fingerprint density at radius 3 is 3.00 bits per heavy atom. The van der Waals surface area contributed by atoms with Crippen LogP contribution in [0.4, 0.5) is 0 Å². The van der Waals surface area contributed by atoms with E-state index in [4.69, 9.17) is 5.73 Å². The minimum absolute atomic E-state index is 0.112. The Morgan fingerprint density at radius 1 is 1.50 bits per heavy atom. The number of H-pyrrole nitrogens is 1. The van der Waals surface area contributed by atoms with E-state index in [-0.39, 0.29) is 11.7 Å². The predicted molar refractivity (Wildman–Crippen MR) is 70.7 cm³/mol. The molecule has 0 saturated carbocycles. The molecular weight excluding hydrogens is 230 g/mol. The zero-order valence-corrected chi connectivity index (χ0v) is 10.3. The van der Waals surface area contributed by atoms with Gasteiger partial charge in [-0.05, 0) is 32.0 Å². The molecule has 1 aromatic heterocycles. The second-order valence-electron chi connectivity index (χ2n) is 4.22. The first-order valence-electron chi connectivity index (χ1n) is 5.93. The van der Waals surface area contributed by atoms with Crippen molar-refractivity contribution in [2.45, 2.75) is 13.3 Å². The van der Waals surface area contributed by atoms with E-state index in [2.05, 4.69) is 10.3 Å². The van der Waals surface area contributed by atoms with Crippen LogP contribution in [0.2, 0.25) is 0 Å². The van der Waals surface area contributed by atoms with Gasteiger partial charge in [0.15, 0.2) is 0 Å². The molecule has 18 heavy (non-hydrogen) atoms. The highest BCUT2D eigenvalue weighted by molar-refractivity contribution is 6.10. The normalized spacial score (nSPS) is 10.8. The van der Waals surface area contributed by atoms with Crippen LogP contribution in [0.3, 0.4) is 0 Å². The van der Waals surface area contributed by atoms with E-state index in [1.165, 1.54) is 0 Å². The molecule has 2 rings (SSSR count). The Hall–Kier alpha value is -2.01. The lowest BCUT2D eigenvalue weighted by Gasteiger charge is -2.05. The van der Waals surface area contributed by atoms with Crippen LogP contribution in [-0.2, 0) is 0 Å². The van der Waals surface area contributed by atoms with Crippen molar-refractivity contribution in [2.75, 3.05) is 13.1 Å². The Morgan fingerprint density at radius 2 is 2.28 bits per heavy atom. The van der Waals surface area contributed by atoms with Gasteiger partial charge in [-0.25, -0.2) is 0 Å². The van der Waals surface area contributed by atoms with Gasteiger partial charge in [0.05, 0.1) is 16.5 Å². The monoisotopic (exact) mass is 247 g/mol. The number of aromatic amines is 1. The highest BCUT2D eigenvalue weighted by Gasteiger charge is 2.17. The molecule has 0 bridgehead atoms. The molecule has 0 unspecified atom stereocenters. The molecule has 1 amide bonds. The highest BCUT2D eigenvalue weighted by Crippen LogP contribution is 2.29. The van der Waals surface area contributed by atoms with Crippen LogP contribution in [0.1, 0.15) is 22.5 Å². The summed E-state index contributed by atoms with van der Waals surface area (Å²) < 4.78 is 0. The van der Waals surface area contributed by atoms with E-state index in [0.29, 0.717) is 24.0 Å². The molecule has 5 N–H and O–H groups in total. The number of aryl methyl sites for hydroxylation is 1. The van der Waals surface area contributed by atoms with Crippen molar-refractivity contribution in [3.8, 4) is 5.75 Å². The highest BCUT2D eigenvalue weighted by atomic mass is 16.3. The summed E-state index contributed by atoms with van der Waals surface area (Å²) in [6, 6.07) is 5.15. The van der Waals surface area contributed by atoms with Crippen molar-refractivity contribution in [2.24, 2.45) is 5.73 Å². The van der Waals surface area contributed by atoms with Crippen LogP contribution in [-0.4, -0.2) is 29.1 Å². The summed E-state index contributed by atoms with van der Waals surface area (Å²) in [5.41, 5.74) is 7.39. The van der Waals surface area contributed by atoms with Gasteiger partial charge >= 0.3 is 0 Å². The number of nitrogens with one attached hydrogen (secondary N) is 2. The number of fused-ring (bicyclic) bond motifs is 1. The molecule has 0 aliphatic carbocycles. The topological polar surface area (TPSA) is 91.1 Å². The molecule has 96 valence electrons. The summed E-state index contributed by atoms with van der Waals surface area (Å²) >= 11 is 0. The van der Waals surface area contributed by atoms with Gasteiger partial charge < -0.3 is 21.1 Å². The van der Waals surface area contributed by atoms with Crippen LogP contribution >= 0.6 is 0 Å². The number of hydrogen-bond acceptors (Lipinski definition) is 3. The Balaban J connectivity index is 2.37. The van der Waals surface area contributed by atoms with Crippen LogP contribution in [0, 0.1) is 6.92 Å². The molecule has 0 aliphatic heterocycles. The van der Waals surface area contributed by atoms with Crippen LogP contribution in [0.15, 0.2) is 18.2 Å². The molecule has 0 atom stereocenters. The number of amides is 1. The van der Waals surface area contributed by atoms with Crippen molar-refractivity contribution in [3.63, 3.8) is 0 Å². The van der Waals surface area contributed by atoms with E-state index in [9.17, 15) is 9.90 Å². The largest absolute Gasteiger partial charge is 0.507 e. The average Bonchev–Trinajstić information content (AvgIpc) is 2.67. The first kappa shape index (κ1) is 12.4. The maximum atomic E-state index is 12.1. The van der Waals surface area contributed by atoms with Crippen molar-refractivity contribution in [1.82, 2.24) is 10.3 Å². The fraction of sp³-hybridized carbons (Fsp3) is 0.308. The molecule has 0 spiro atoms. The van der Waals surface area contributed by atoms with Crippen molar-refractivity contribution in [1.29, 1.82) is 0 Å². The van der Waals surface area contributed by atoms with Crippen LogP contribution < -0.4 is 11.1 Å². The second kappa shape index (κ2) is 5.10. The Kier molecular flexibility index (Phi) is 3.53. The molecule has 0 radical (unpaired) electrons. The Bertz CT molecular complexity index is 575. The fourth-order valence-corrected chi connectivity index (χ4v) is 2.04. The number of carbonyl (C=O) groups excluding carboxylic acids is 1. The number of nitrogens with two attached hydrogens (primary N) is 1. The lowest BCUT2D eigenvalue weighted by Crippen LogP contribution is -2.26. The number of phenols is 1. The number of hydrogen-bond donors (Lipinski definition) is 4. The predicted octanol–water partition coefficient (Wildman–Crippen LogP) is 1.26. The van der Waals surface area contributed by atoms with Crippen molar-refractivity contribution >= 4 is 16.8 Å². The molecule has 1 heterocycles. The Labute approximate surface area is 105 Å². The molecule has 0 fully saturated rings. The third kappa shape index (κ3) is 2.17. The first-order valence-corrected chi connectivity index (χ1v) is 5.93. The van der Waals surface area contributed by atoms with E-state index in [1.807, 2.05) is 13.0 Å².